The zero-order valence-corrected chi connectivity index (χ0v) is 12.2. The molecule has 1 aromatic carbocycles. The highest BCUT2D eigenvalue weighted by atomic mass is 19.1. The highest BCUT2D eigenvalue weighted by Crippen LogP contribution is 2.11. The van der Waals surface area contributed by atoms with Gasteiger partial charge < -0.3 is 19.7 Å². The molecule has 0 aromatic heterocycles. The lowest BCUT2D eigenvalue weighted by molar-refractivity contribution is -0.133. The fourth-order valence-electron chi connectivity index (χ4n) is 2.08. The second-order valence-corrected chi connectivity index (χ2v) is 5.02. The van der Waals surface area contributed by atoms with Crippen molar-refractivity contribution >= 4 is 5.91 Å². The van der Waals surface area contributed by atoms with Crippen LogP contribution in [0, 0.1) is 5.82 Å². The van der Waals surface area contributed by atoms with E-state index in [4.69, 9.17) is 9.47 Å². The first-order valence-corrected chi connectivity index (χ1v) is 7.10. The number of hydrogen-bond donors (Lipinski definition) is 1. The average Bonchev–Trinajstić information content (AvgIpc) is 2.48. The summed E-state index contributed by atoms with van der Waals surface area (Å²) in [6.07, 6.45) is 0.307. The van der Waals surface area contributed by atoms with Crippen LogP contribution in [0.25, 0.3) is 0 Å². The molecule has 5 nitrogen and oxygen atoms in total. The van der Waals surface area contributed by atoms with Crippen molar-refractivity contribution in [3.05, 3.63) is 30.1 Å². The van der Waals surface area contributed by atoms with Crippen LogP contribution in [0.2, 0.25) is 0 Å². The van der Waals surface area contributed by atoms with E-state index in [0.29, 0.717) is 38.5 Å². The molecule has 1 N–H and O–H groups in total. The summed E-state index contributed by atoms with van der Waals surface area (Å²) in [7, 11) is 1.73. The molecule has 0 saturated carbocycles. The quantitative estimate of drug-likeness (QED) is 0.852. The van der Waals surface area contributed by atoms with Crippen molar-refractivity contribution < 1.29 is 18.7 Å². The molecule has 0 bridgehead atoms. The molecule has 21 heavy (non-hydrogen) atoms. The molecule has 1 atom stereocenters. The highest BCUT2D eigenvalue weighted by Gasteiger charge is 2.19. The number of benzene rings is 1. The fraction of sp³-hybridized carbons (Fsp3) is 0.533. The summed E-state index contributed by atoms with van der Waals surface area (Å²) in [5, 5.41) is 3.19. The molecule has 1 amide bonds. The summed E-state index contributed by atoms with van der Waals surface area (Å²) in [5.74, 6) is 0.154. The third-order valence-electron chi connectivity index (χ3n) is 3.32. The van der Waals surface area contributed by atoms with Crippen LogP contribution < -0.4 is 10.1 Å². The van der Waals surface area contributed by atoms with Crippen molar-refractivity contribution in [2.24, 2.45) is 0 Å². The Morgan fingerprint density at radius 1 is 1.57 bits per heavy atom. The molecular weight excluding hydrogens is 275 g/mol. The van der Waals surface area contributed by atoms with Gasteiger partial charge in [0.05, 0.1) is 25.7 Å². The zero-order chi connectivity index (χ0) is 15.1. The van der Waals surface area contributed by atoms with E-state index >= 15 is 0 Å². The number of likely N-dealkylation sites (N-methyl/N-ethyl adjacent to an activating group) is 1. The monoisotopic (exact) mass is 296 g/mol. The standard InChI is InChI=1S/C15H21FN2O3/c1-18(15(19)10-14-11-17-5-7-20-14)6-8-21-13-4-2-3-12(16)9-13/h2-4,9,14,17H,5-8,10-11H2,1H3. The van der Waals surface area contributed by atoms with Gasteiger partial charge in [0.1, 0.15) is 18.2 Å². The molecular formula is C15H21FN2O3. The minimum Gasteiger partial charge on any atom is -0.492 e. The summed E-state index contributed by atoms with van der Waals surface area (Å²) < 4.78 is 23.9. The topological polar surface area (TPSA) is 50.8 Å². The molecule has 116 valence electrons. The maximum atomic E-state index is 13.0. The van der Waals surface area contributed by atoms with Gasteiger partial charge in [0.2, 0.25) is 5.91 Å². The molecule has 1 unspecified atom stereocenters. The largest absolute Gasteiger partial charge is 0.492 e. The number of hydrogen-bond acceptors (Lipinski definition) is 4. The van der Waals surface area contributed by atoms with Crippen LogP contribution >= 0.6 is 0 Å². The molecule has 1 fully saturated rings. The van der Waals surface area contributed by atoms with Crippen molar-refractivity contribution in [3.8, 4) is 5.75 Å². The molecule has 1 aliphatic rings. The Bertz CT molecular complexity index is 464. The maximum Gasteiger partial charge on any atom is 0.225 e. The van der Waals surface area contributed by atoms with E-state index in [2.05, 4.69) is 5.32 Å². The van der Waals surface area contributed by atoms with Gasteiger partial charge in [0, 0.05) is 26.2 Å². The second kappa shape index (κ2) is 7.95. The first-order valence-electron chi connectivity index (χ1n) is 7.10. The van der Waals surface area contributed by atoms with E-state index < -0.39 is 0 Å². The van der Waals surface area contributed by atoms with Gasteiger partial charge in [-0.2, -0.15) is 0 Å². The molecule has 0 radical (unpaired) electrons. The maximum absolute atomic E-state index is 13.0. The molecule has 1 heterocycles. The number of halogens is 1. The summed E-state index contributed by atoms with van der Waals surface area (Å²) in [5.41, 5.74) is 0. The number of ether oxygens (including phenoxy) is 2. The van der Waals surface area contributed by atoms with E-state index in [-0.39, 0.29) is 17.8 Å². The van der Waals surface area contributed by atoms with Gasteiger partial charge in [-0.3, -0.25) is 4.79 Å². The van der Waals surface area contributed by atoms with Crippen molar-refractivity contribution in [1.29, 1.82) is 0 Å². The zero-order valence-electron chi connectivity index (χ0n) is 12.2. The Morgan fingerprint density at radius 2 is 2.43 bits per heavy atom. The van der Waals surface area contributed by atoms with Crippen LogP contribution in [0.1, 0.15) is 6.42 Å². The van der Waals surface area contributed by atoms with E-state index in [9.17, 15) is 9.18 Å². The lowest BCUT2D eigenvalue weighted by Gasteiger charge is -2.25. The summed E-state index contributed by atoms with van der Waals surface area (Å²) in [6, 6.07) is 5.96. The summed E-state index contributed by atoms with van der Waals surface area (Å²) >= 11 is 0. The Morgan fingerprint density at radius 3 is 3.14 bits per heavy atom. The van der Waals surface area contributed by atoms with Gasteiger partial charge in [0.15, 0.2) is 0 Å². The minimum atomic E-state index is -0.334. The third-order valence-corrected chi connectivity index (χ3v) is 3.32. The van der Waals surface area contributed by atoms with E-state index in [1.807, 2.05) is 0 Å². The van der Waals surface area contributed by atoms with E-state index in [1.165, 1.54) is 12.1 Å². The predicted octanol–water partition coefficient (Wildman–Crippen LogP) is 1.04. The van der Waals surface area contributed by atoms with Crippen LogP contribution in [0.5, 0.6) is 5.75 Å². The van der Waals surface area contributed by atoms with Crippen molar-refractivity contribution in [2.45, 2.75) is 12.5 Å². The SMILES string of the molecule is CN(CCOc1cccc(F)c1)C(=O)CC1CNCCO1. The lowest BCUT2D eigenvalue weighted by atomic mass is 10.2. The molecule has 1 saturated heterocycles. The van der Waals surface area contributed by atoms with E-state index in [1.54, 1.807) is 24.1 Å². The average molecular weight is 296 g/mol. The molecule has 2 rings (SSSR count). The minimum absolute atomic E-state index is 0.0199. The number of morpholine rings is 1. The molecule has 1 aromatic rings. The van der Waals surface area contributed by atoms with Gasteiger partial charge in [-0.05, 0) is 12.1 Å². The molecule has 0 spiro atoms. The van der Waals surface area contributed by atoms with Gasteiger partial charge in [-0.15, -0.1) is 0 Å². The number of carbonyl (C=O) groups excluding carboxylic acids is 1. The lowest BCUT2D eigenvalue weighted by Crippen LogP contribution is -2.42. The second-order valence-electron chi connectivity index (χ2n) is 5.02. The Balaban J connectivity index is 1.68. The summed E-state index contributed by atoms with van der Waals surface area (Å²) in [4.78, 5) is 13.6. The van der Waals surface area contributed by atoms with Crippen LogP contribution in [0.15, 0.2) is 24.3 Å². The van der Waals surface area contributed by atoms with Crippen LogP contribution in [0.3, 0.4) is 0 Å². The number of carbonyl (C=O) groups is 1. The number of rotatable bonds is 6. The van der Waals surface area contributed by atoms with E-state index in [0.717, 1.165) is 6.54 Å². The Kier molecular flexibility index (Phi) is 5.95. The number of nitrogens with zero attached hydrogens (tertiary/aromatic N) is 1. The Labute approximate surface area is 124 Å². The van der Waals surface area contributed by atoms with Crippen LogP contribution in [-0.4, -0.2) is 56.8 Å². The molecule has 6 heteroatoms. The first kappa shape index (κ1) is 15.7. The van der Waals surface area contributed by atoms with Gasteiger partial charge in [0.25, 0.3) is 0 Å². The fourth-order valence-corrected chi connectivity index (χ4v) is 2.08. The number of amides is 1. The third kappa shape index (κ3) is 5.32. The van der Waals surface area contributed by atoms with Crippen molar-refractivity contribution in [1.82, 2.24) is 10.2 Å². The van der Waals surface area contributed by atoms with Crippen molar-refractivity contribution in [2.75, 3.05) is 39.9 Å². The van der Waals surface area contributed by atoms with Gasteiger partial charge >= 0.3 is 0 Å². The van der Waals surface area contributed by atoms with Gasteiger partial charge in [-0.1, -0.05) is 6.07 Å². The smallest absolute Gasteiger partial charge is 0.225 e. The predicted molar refractivity (Wildman–Crippen MR) is 76.8 cm³/mol. The summed E-state index contributed by atoms with van der Waals surface area (Å²) in [6.45, 7) is 2.97. The van der Waals surface area contributed by atoms with Crippen LogP contribution in [-0.2, 0) is 9.53 Å². The molecule has 1 aliphatic heterocycles. The first-order chi connectivity index (χ1) is 10.1. The van der Waals surface area contributed by atoms with Crippen molar-refractivity contribution in [3.63, 3.8) is 0 Å². The van der Waals surface area contributed by atoms with Gasteiger partial charge in [-0.25, -0.2) is 4.39 Å². The highest BCUT2D eigenvalue weighted by molar-refractivity contribution is 5.76. The Hall–Kier alpha value is -1.66. The van der Waals surface area contributed by atoms with Crippen LogP contribution in [0.4, 0.5) is 4.39 Å². The number of nitrogens with one attached hydrogen (secondary N) is 1. The normalized spacial score (nSPS) is 18.3. The molecule has 0 aliphatic carbocycles.